The minimum absolute atomic E-state index is 0.119. The molecule has 0 aromatic heterocycles. The molecule has 0 aromatic carbocycles. The number of nitro groups is 1. The second-order valence-corrected chi connectivity index (χ2v) is 4.52. The van der Waals surface area contributed by atoms with E-state index in [1.54, 1.807) is 0 Å². The molecule has 0 bridgehead atoms. The fraction of sp³-hybridized carbons (Fsp3) is 1.00. The van der Waals surface area contributed by atoms with Crippen LogP contribution >= 0.6 is 0 Å². The van der Waals surface area contributed by atoms with E-state index in [1.165, 1.54) is 25.7 Å². The van der Waals surface area contributed by atoms with Crippen molar-refractivity contribution in [1.29, 1.82) is 0 Å². The SMILES string of the molecule is CC(O)CCCCCCCCCC[N+](=O)[O-]. The van der Waals surface area contributed by atoms with Crippen molar-refractivity contribution in [3.05, 3.63) is 10.1 Å². The zero-order valence-corrected chi connectivity index (χ0v) is 10.4. The molecule has 0 saturated heterocycles. The second kappa shape index (κ2) is 10.9. The summed E-state index contributed by atoms with van der Waals surface area (Å²) < 4.78 is 0. The van der Waals surface area contributed by atoms with Crippen LogP contribution in [0.4, 0.5) is 0 Å². The van der Waals surface area contributed by atoms with E-state index >= 15 is 0 Å². The van der Waals surface area contributed by atoms with Crippen LogP contribution in [0.5, 0.6) is 0 Å². The minimum atomic E-state index is -0.240. The van der Waals surface area contributed by atoms with Crippen molar-refractivity contribution in [2.45, 2.75) is 70.8 Å². The molecule has 0 fully saturated rings. The van der Waals surface area contributed by atoms with Gasteiger partial charge in [0.1, 0.15) is 0 Å². The van der Waals surface area contributed by atoms with Crippen molar-refractivity contribution < 1.29 is 10.0 Å². The van der Waals surface area contributed by atoms with Crippen molar-refractivity contribution >= 4 is 0 Å². The molecule has 0 rings (SSSR count). The standard InChI is InChI=1S/C12H25NO3/c1-12(14)10-8-6-4-2-3-5-7-9-11-13(15)16/h12,14H,2-11H2,1H3. The molecule has 1 N–H and O–H groups in total. The van der Waals surface area contributed by atoms with Gasteiger partial charge in [0.15, 0.2) is 0 Å². The van der Waals surface area contributed by atoms with Crippen molar-refractivity contribution in [2.24, 2.45) is 0 Å². The number of hydrogen-bond donors (Lipinski definition) is 1. The lowest BCUT2D eigenvalue weighted by molar-refractivity contribution is -0.480. The highest BCUT2D eigenvalue weighted by atomic mass is 16.6. The maximum Gasteiger partial charge on any atom is 0.203 e. The van der Waals surface area contributed by atoms with Crippen LogP contribution in [0.1, 0.15) is 64.7 Å². The summed E-state index contributed by atoms with van der Waals surface area (Å²) in [4.78, 5) is 9.81. The molecule has 0 heterocycles. The van der Waals surface area contributed by atoms with Gasteiger partial charge in [-0.3, -0.25) is 10.1 Å². The van der Waals surface area contributed by atoms with E-state index < -0.39 is 0 Å². The first-order chi connectivity index (χ1) is 7.63. The molecule has 0 amide bonds. The quantitative estimate of drug-likeness (QED) is 0.337. The highest BCUT2D eigenvalue weighted by molar-refractivity contribution is 4.50. The summed E-state index contributed by atoms with van der Waals surface area (Å²) >= 11 is 0. The summed E-state index contributed by atoms with van der Waals surface area (Å²) in [7, 11) is 0. The molecule has 4 heteroatoms. The summed E-state index contributed by atoms with van der Waals surface area (Å²) in [5.41, 5.74) is 0. The molecule has 16 heavy (non-hydrogen) atoms. The first-order valence-electron chi connectivity index (χ1n) is 6.43. The number of nitrogens with zero attached hydrogens (tertiary/aromatic N) is 1. The topological polar surface area (TPSA) is 63.4 Å². The Morgan fingerprint density at radius 3 is 1.88 bits per heavy atom. The van der Waals surface area contributed by atoms with Crippen LogP contribution in [0.2, 0.25) is 0 Å². The lowest BCUT2D eigenvalue weighted by Crippen LogP contribution is -1.99. The third-order valence-electron chi connectivity index (χ3n) is 2.71. The van der Waals surface area contributed by atoms with Crippen molar-refractivity contribution in [3.8, 4) is 0 Å². The molecular weight excluding hydrogens is 206 g/mol. The Labute approximate surface area is 98.2 Å². The van der Waals surface area contributed by atoms with E-state index in [2.05, 4.69) is 0 Å². The predicted octanol–water partition coefficient (Wildman–Crippen LogP) is 3.15. The van der Waals surface area contributed by atoms with Crippen LogP contribution in [0.3, 0.4) is 0 Å². The van der Waals surface area contributed by atoms with Gasteiger partial charge in [-0.25, -0.2) is 0 Å². The summed E-state index contributed by atoms with van der Waals surface area (Å²) in [5.74, 6) is 0. The number of aliphatic hydroxyl groups is 1. The van der Waals surface area contributed by atoms with E-state index in [-0.39, 0.29) is 17.6 Å². The van der Waals surface area contributed by atoms with E-state index in [4.69, 9.17) is 5.11 Å². The summed E-state index contributed by atoms with van der Waals surface area (Å²) in [6.07, 6.45) is 9.49. The van der Waals surface area contributed by atoms with Crippen LogP contribution in [0.25, 0.3) is 0 Å². The van der Waals surface area contributed by atoms with Gasteiger partial charge in [-0.1, -0.05) is 38.5 Å². The second-order valence-electron chi connectivity index (χ2n) is 4.52. The molecule has 1 atom stereocenters. The third-order valence-corrected chi connectivity index (χ3v) is 2.71. The number of aliphatic hydroxyl groups excluding tert-OH is 1. The number of unbranched alkanes of at least 4 members (excludes halogenated alkanes) is 7. The molecular formula is C12H25NO3. The van der Waals surface area contributed by atoms with Gasteiger partial charge in [-0.05, 0) is 19.8 Å². The van der Waals surface area contributed by atoms with Crippen LogP contribution in [0, 0.1) is 10.1 Å². The average Bonchev–Trinajstić information content (AvgIpc) is 2.20. The van der Waals surface area contributed by atoms with Crippen LogP contribution in [-0.2, 0) is 0 Å². The lowest BCUT2D eigenvalue weighted by atomic mass is 10.1. The van der Waals surface area contributed by atoms with E-state index in [0.29, 0.717) is 0 Å². The van der Waals surface area contributed by atoms with Gasteiger partial charge in [0.2, 0.25) is 6.54 Å². The van der Waals surface area contributed by atoms with Gasteiger partial charge >= 0.3 is 0 Å². The predicted molar refractivity (Wildman–Crippen MR) is 65.1 cm³/mol. The molecule has 0 spiro atoms. The zero-order valence-electron chi connectivity index (χ0n) is 10.4. The van der Waals surface area contributed by atoms with Crippen LogP contribution in [-0.4, -0.2) is 22.7 Å². The average molecular weight is 231 g/mol. The van der Waals surface area contributed by atoms with Crippen molar-refractivity contribution in [3.63, 3.8) is 0 Å². The van der Waals surface area contributed by atoms with Gasteiger partial charge in [0, 0.05) is 11.3 Å². The molecule has 0 aliphatic carbocycles. The summed E-state index contributed by atoms with van der Waals surface area (Å²) in [5, 5.41) is 19.1. The molecule has 0 aliphatic heterocycles. The molecule has 4 nitrogen and oxygen atoms in total. The van der Waals surface area contributed by atoms with Crippen LogP contribution in [0.15, 0.2) is 0 Å². The van der Waals surface area contributed by atoms with E-state index in [9.17, 15) is 10.1 Å². The largest absolute Gasteiger partial charge is 0.393 e. The molecule has 1 unspecified atom stereocenters. The summed E-state index contributed by atoms with van der Waals surface area (Å²) in [6, 6.07) is 0. The smallest absolute Gasteiger partial charge is 0.203 e. The van der Waals surface area contributed by atoms with E-state index in [0.717, 1.165) is 32.1 Å². The highest BCUT2D eigenvalue weighted by Crippen LogP contribution is 2.10. The van der Waals surface area contributed by atoms with Crippen molar-refractivity contribution in [1.82, 2.24) is 0 Å². The molecule has 0 aromatic rings. The van der Waals surface area contributed by atoms with Crippen molar-refractivity contribution in [2.75, 3.05) is 6.54 Å². The maximum absolute atomic E-state index is 10.0. The Balaban J connectivity index is 2.96. The first-order valence-corrected chi connectivity index (χ1v) is 6.43. The fourth-order valence-electron chi connectivity index (χ4n) is 1.74. The normalized spacial score (nSPS) is 12.6. The zero-order chi connectivity index (χ0) is 12.2. The van der Waals surface area contributed by atoms with Gasteiger partial charge in [-0.2, -0.15) is 0 Å². The molecule has 0 radical (unpaired) electrons. The van der Waals surface area contributed by atoms with Crippen LogP contribution < -0.4 is 0 Å². The molecule has 0 aliphatic rings. The Kier molecular flexibility index (Phi) is 10.4. The monoisotopic (exact) mass is 231 g/mol. The maximum atomic E-state index is 10.0. The minimum Gasteiger partial charge on any atom is -0.393 e. The highest BCUT2D eigenvalue weighted by Gasteiger charge is 1.98. The lowest BCUT2D eigenvalue weighted by Gasteiger charge is -2.03. The summed E-state index contributed by atoms with van der Waals surface area (Å²) in [6.45, 7) is 1.95. The Bertz CT molecular complexity index is 172. The first kappa shape index (κ1) is 15.4. The Hall–Kier alpha value is -0.640. The van der Waals surface area contributed by atoms with E-state index in [1.807, 2.05) is 6.92 Å². The number of rotatable bonds is 11. The van der Waals surface area contributed by atoms with Gasteiger partial charge in [-0.15, -0.1) is 0 Å². The number of hydrogen-bond acceptors (Lipinski definition) is 3. The van der Waals surface area contributed by atoms with Gasteiger partial charge < -0.3 is 5.11 Å². The third kappa shape index (κ3) is 13.4. The van der Waals surface area contributed by atoms with Gasteiger partial charge in [0.25, 0.3) is 0 Å². The molecule has 96 valence electrons. The molecule has 0 saturated carbocycles. The Morgan fingerprint density at radius 2 is 1.44 bits per heavy atom. The fourth-order valence-corrected chi connectivity index (χ4v) is 1.74. The van der Waals surface area contributed by atoms with Gasteiger partial charge in [0.05, 0.1) is 6.10 Å². The Morgan fingerprint density at radius 1 is 1.00 bits per heavy atom.